The summed E-state index contributed by atoms with van der Waals surface area (Å²) in [7, 11) is -0.999. The van der Waals surface area contributed by atoms with Crippen LogP contribution >= 0.6 is 7.14 Å². The number of rotatable bonds is 2. The molecule has 0 fully saturated rings. The van der Waals surface area contributed by atoms with Crippen LogP contribution in [0.15, 0.2) is 6.20 Å². The van der Waals surface area contributed by atoms with E-state index in [0.717, 1.165) is 0 Å². The topological polar surface area (TPSA) is 72.2 Å². The summed E-state index contributed by atoms with van der Waals surface area (Å²) in [5, 5.41) is 12.6. The van der Waals surface area contributed by atoms with Gasteiger partial charge in [0, 0.05) is 13.2 Å². The van der Waals surface area contributed by atoms with Crippen molar-refractivity contribution in [2.24, 2.45) is 7.05 Å². The van der Waals surface area contributed by atoms with Gasteiger partial charge in [0.25, 0.3) is 0 Å². The zero-order chi connectivity index (χ0) is 10.2. The molecule has 5 nitrogen and oxygen atoms in total. The minimum atomic E-state index is -2.60. The van der Waals surface area contributed by atoms with Crippen molar-refractivity contribution in [1.29, 1.82) is 0 Å². The van der Waals surface area contributed by atoms with E-state index >= 15 is 0 Å². The second-order valence-corrected chi connectivity index (χ2v) is 6.32. The van der Waals surface area contributed by atoms with E-state index < -0.39 is 13.1 Å². The molecular weight excluding hydrogens is 191 g/mol. The maximum atomic E-state index is 11.6. The monoisotopic (exact) mass is 202 g/mol. The molecule has 0 aliphatic heterocycles. The van der Waals surface area contributed by atoms with Gasteiger partial charge in [-0.1, -0.05) is 0 Å². The third-order valence-corrected chi connectivity index (χ3v) is 2.90. The van der Waals surface area contributed by atoms with Crippen molar-refractivity contribution < 1.29 is 14.5 Å². The Hall–Kier alpha value is -1.09. The summed E-state index contributed by atoms with van der Waals surface area (Å²) in [4.78, 5) is 10.7. The van der Waals surface area contributed by atoms with Crippen LogP contribution in [0.25, 0.3) is 0 Å². The van der Waals surface area contributed by atoms with Crippen LogP contribution in [-0.2, 0) is 11.6 Å². The summed E-state index contributed by atoms with van der Waals surface area (Å²) in [5.74, 6) is -1.09. The highest BCUT2D eigenvalue weighted by atomic mass is 31.2. The Bertz CT molecular complexity index is 390. The quantitative estimate of drug-likeness (QED) is 0.703. The fourth-order valence-electron chi connectivity index (χ4n) is 1.03. The van der Waals surface area contributed by atoms with E-state index in [9.17, 15) is 9.36 Å². The number of hydrogen-bond acceptors (Lipinski definition) is 3. The van der Waals surface area contributed by atoms with Crippen molar-refractivity contribution in [2.75, 3.05) is 13.3 Å². The summed E-state index contributed by atoms with van der Waals surface area (Å²) in [6.45, 7) is 3.00. The smallest absolute Gasteiger partial charge is 0.339 e. The van der Waals surface area contributed by atoms with Gasteiger partial charge in [-0.05, 0) is 13.3 Å². The molecule has 0 amide bonds. The average Bonchev–Trinajstić information content (AvgIpc) is 2.29. The summed E-state index contributed by atoms with van der Waals surface area (Å²) < 4.78 is 13.0. The predicted molar refractivity (Wildman–Crippen MR) is 49.3 cm³/mol. The van der Waals surface area contributed by atoms with Gasteiger partial charge in [-0.3, -0.25) is 4.68 Å². The molecule has 0 aliphatic rings. The Balaban J connectivity index is 3.36. The second kappa shape index (κ2) is 3.00. The second-order valence-electron chi connectivity index (χ2n) is 3.20. The molecule has 72 valence electrons. The minimum Gasteiger partial charge on any atom is -0.478 e. The van der Waals surface area contributed by atoms with Crippen molar-refractivity contribution in [3.8, 4) is 0 Å². The van der Waals surface area contributed by atoms with E-state index in [1.165, 1.54) is 24.2 Å². The maximum Gasteiger partial charge on any atom is 0.339 e. The highest BCUT2D eigenvalue weighted by Gasteiger charge is 2.24. The molecule has 0 radical (unpaired) electrons. The molecule has 0 bridgehead atoms. The molecule has 1 aromatic heterocycles. The van der Waals surface area contributed by atoms with E-state index in [0.29, 0.717) is 0 Å². The Morgan fingerprint density at radius 3 is 2.46 bits per heavy atom. The molecular formula is C7H11N2O3P. The molecule has 0 spiro atoms. The van der Waals surface area contributed by atoms with Crippen molar-refractivity contribution in [3.63, 3.8) is 0 Å². The number of carbonyl (C=O) groups is 1. The third-order valence-electron chi connectivity index (χ3n) is 1.55. The highest BCUT2D eigenvalue weighted by Crippen LogP contribution is 2.34. The van der Waals surface area contributed by atoms with Crippen LogP contribution in [0.2, 0.25) is 0 Å². The first-order chi connectivity index (χ1) is 5.82. The van der Waals surface area contributed by atoms with Crippen molar-refractivity contribution in [3.05, 3.63) is 11.8 Å². The summed E-state index contributed by atoms with van der Waals surface area (Å²) in [6.07, 6.45) is 1.36. The number of aromatic carboxylic acids is 1. The molecule has 1 rings (SSSR count). The van der Waals surface area contributed by atoms with Gasteiger partial charge < -0.3 is 9.67 Å². The van der Waals surface area contributed by atoms with E-state index in [4.69, 9.17) is 5.11 Å². The molecule has 6 heteroatoms. The number of aryl methyl sites for hydroxylation is 1. The van der Waals surface area contributed by atoms with Crippen molar-refractivity contribution in [1.82, 2.24) is 9.78 Å². The third kappa shape index (κ3) is 1.98. The van der Waals surface area contributed by atoms with E-state index in [1.807, 2.05) is 0 Å². The van der Waals surface area contributed by atoms with E-state index in [2.05, 4.69) is 5.10 Å². The van der Waals surface area contributed by atoms with Gasteiger partial charge >= 0.3 is 5.97 Å². The highest BCUT2D eigenvalue weighted by molar-refractivity contribution is 7.70. The lowest BCUT2D eigenvalue weighted by molar-refractivity contribution is 0.0698. The van der Waals surface area contributed by atoms with Gasteiger partial charge in [0.15, 0.2) is 0 Å². The molecule has 0 aromatic carbocycles. The normalized spacial score (nSPS) is 11.6. The Morgan fingerprint density at radius 2 is 2.15 bits per heavy atom. The van der Waals surface area contributed by atoms with Crippen LogP contribution in [0.5, 0.6) is 0 Å². The van der Waals surface area contributed by atoms with Crippen LogP contribution in [0.4, 0.5) is 0 Å². The summed E-state index contributed by atoms with van der Waals surface area (Å²) in [6, 6.07) is 0. The largest absolute Gasteiger partial charge is 0.478 e. The van der Waals surface area contributed by atoms with Crippen LogP contribution in [-0.4, -0.2) is 34.2 Å². The Morgan fingerprint density at radius 1 is 1.62 bits per heavy atom. The molecule has 1 N–H and O–H groups in total. The fourth-order valence-corrected chi connectivity index (χ4v) is 2.12. The first-order valence-corrected chi connectivity index (χ1v) is 6.25. The molecule has 1 heterocycles. The van der Waals surface area contributed by atoms with Gasteiger partial charge in [0.05, 0.1) is 0 Å². The lowest BCUT2D eigenvalue weighted by atomic mass is 10.4. The molecule has 0 unspecified atom stereocenters. The number of carboxylic acids is 1. The van der Waals surface area contributed by atoms with E-state index in [-0.39, 0.29) is 11.0 Å². The fraction of sp³-hybridized carbons (Fsp3) is 0.429. The van der Waals surface area contributed by atoms with Gasteiger partial charge in [-0.2, -0.15) is 5.10 Å². The number of carboxylic acid groups (broad SMARTS) is 1. The Kier molecular flexibility index (Phi) is 2.30. The Labute approximate surface area is 75.7 Å². The van der Waals surface area contributed by atoms with Crippen molar-refractivity contribution in [2.45, 2.75) is 0 Å². The summed E-state index contributed by atoms with van der Waals surface area (Å²) >= 11 is 0. The van der Waals surface area contributed by atoms with Crippen LogP contribution in [0.3, 0.4) is 0 Å². The SMILES string of the molecule is Cn1cc(C(=O)O)c(P(C)(C)=O)n1. The van der Waals surface area contributed by atoms with Gasteiger partial charge in [0.2, 0.25) is 0 Å². The number of aromatic nitrogens is 2. The van der Waals surface area contributed by atoms with Gasteiger partial charge in [-0.25, -0.2) is 4.79 Å². The van der Waals surface area contributed by atoms with E-state index in [1.54, 1.807) is 7.05 Å². The van der Waals surface area contributed by atoms with Crippen LogP contribution in [0.1, 0.15) is 10.4 Å². The first-order valence-electron chi connectivity index (χ1n) is 3.65. The summed E-state index contributed by atoms with van der Waals surface area (Å²) in [5.41, 5.74) is 0.207. The molecule has 0 atom stereocenters. The molecule has 13 heavy (non-hydrogen) atoms. The zero-order valence-electron chi connectivity index (χ0n) is 7.68. The zero-order valence-corrected chi connectivity index (χ0v) is 8.58. The van der Waals surface area contributed by atoms with Gasteiger partial charge in [-0.15, -0.1) is 0 Å². The standard InChI is InChI=1S/C7H11N2O3P/c1-9-4-5(7(10)11)6(8-9)13(2,3)12/h4H,1-3H3,(H,10,11). The van der Waals surface area contributed by atoms with Crippen LogP contribution < -0.4 is 5.44 Å². The maximum absolute atomic E-state index is 11.6. The number of hydrogen-bond donors (Lipinski definition) is 1. The van der Waals surface area contributed by atoms with Crippen molar-refractivity contribution >= 4 is 18.5 Å². The molecule has 0 saturated heterocycles. The van der Waals surface area contributed by atoms with Crippen LogP contribution in [0, 0.1) is 0 Å². The first kappa shape index (κ1) is 9.99. The lowest BCUT2D eigenvalue weighted by Crippen LogP contribution is -2.14. The lowest BCUT2D eigenvalue weighted by Gasteiger charge is -2.02. The molecule has 1 aromatic rings. The molecule has 0 saturated carbocycles. The molecule has 0 aliphatic carbocycles. The minimum absolute atomic E-state index is 0.0239. The van der Waals surface area contributed by atoms with Gasteiger partial charge in [0.1, 0.15) is 18.1 Å². The average molecular weight is 202 g/mol. The predicted octanol–water partition coefficient (Wildman–Crippen LogP) is 0.366. The number of nitrogens with zero attached hydrogens (tertiary/aromatic N) is 2.